The molecule has 2 rings (SSSR count). The summed E-state index contributed by atoms with van der Waals surface area (Å²) < 4.78 is 60.7. The average molecular weight is 562 g/mol. The maximum atomic E-state index is 12.6. The van der Waals surface area contributed by atoms with Gasteiger partial charge in [0.05, 0.1) is 11.4 Å². The minimum Gasteiger partial charge on any atom is -0.357 e. The van der Waals surface area contributed by atoms with E-state index in [1.54, 1.807) is 24.3 Å². The van der Waals surface area contributed by atoms with Gasteiger partial charge in [-0.05, 0) is 31.0 Å². The van der Waals surface area contributed by atoms with Crippen LogP contribution in [0.15, 0.2) is 39.5 Å². The summed E-state index contributed by atoms with van der Waals surface area (Å²) in [7, 11) is -3.22. The first-order valence-electron chi connectivity index (χ1n) is 8.42. The summed E-state index contributed by atoms with van der Waals surface area (Å²) >= 11 is 0.918. The van der Waals surface area contributed by atoms with Gasteiger partial charge in [0.2, 0.25) is 0 Å². The van der Waals surface area contributed by atoms with E-state index in [0.29, 0.717) is 25.5 Å². The minimum atomic E-state index is -4.45. The Hall–Kier alpha value is -1.41. The number of thiazole rings is 1. The van der Waals surface area contributed by atoms with Gasteiger partial charge >= 0.3 is 6.18 Å². The number of sulfone groups is 1. The second-order valence-electron chi connectivity index (χ2n) is 5.91. The van der Waals surface area contributed by atoms with Crippen LogP contribution >= 0.6 is 35.3 Å². The van der Waals surface area contributed by atoms with Crippen molar-refractivity contribution in [3.63, 3.8) is 0 Å². The molecule has 162 valence electrons. The molecule has 2 N–H and O–H groups in total. The molecule has 6 nitrogen and oxygen atoms in total. The van der Waals surface area contributed by atoms with E-state index in [9.17, 15) is 21.6 Å². The number of hydrogen-bond acceptors (Lipinski definition) is 5. The molecule has 0 unspecified atom stereocenters. The van der Waals surface area contributed by atoms with Crippen LogP contribution in [0, 0.1) is 0 Å². The van der Waals surface area contributed by atoms with E-state index in [1.165, 1.54) is 0 Å². The van der Waals surface area contributed by atoms with E-state index in [4.69, 9.17) is 0 Å². The fraction of sp³-hybridized carbons (Fsp3) is 0.412. The lowest BCUT2D eigenvalue weighted by molar-refractivity contribution is -0.140. The maximum Gasteiger partial charge on any atom is 0.434 e. The van der Waals surface area contributed by atoms with Crippen LogP contribution in [0.1, 0.15) is 23.2 Å². The van der Waals surface area contributed by atoms with Crippen LogP contribution in [-0.4, -0.2) is 38.7 Å². The van der Waals surface area contributed by atoms with E-state index in [2.05, 4.69) is 20.6 Å². The van der Waals surface area contributed by atoms with Crippen LogP contribution in [0.5, 0.6) is 0 Å². The molecule has 2 aromatic rings. The molecule has 0 saturated heterocycles. The largest absolute Gasteiger partial charge is 0.434 e. The number of benzene rings is 1. The van der Waals surface area contributed by atoms with Crippen LogP contribution in [0.2, 0.25) is 0 Å². The Morgan fingerprint density at radius 3 is 2.38 bits per heavy atom. The zero-order valence-corrected chi connectivity index (χ0v) is 19.7. The highest BCUT2D eigenvalue weighted by Crippen LogP contribution is 2.30. The van der Waals surface area contributed by atoms with Crippen molar-refractivity contribution < 1.29 is 21.6 Å². The van der Waals surface area contributed by atoms with Crippen molar-refractivity contribution in [2.45, 2.75) is 31.0 Å². The number of guanidine groups is 1. The third-order valence-electron chi connectivity index (χ3n) is 3.62. The summed E-state index contributed by atoms with van der Waals surface area (Å²) in [6.07, 6.45) is -2.67. The van der Waals surface area contributed by atoms with Crippen LogP contribution in [0.3, 0.4) is 0 Å². The summed E-state index contributed by atoms with van der Waals surface area (Å²) in [5.41, 5.74) is 0.0451. The highest BCUT2D eigenvalue weighted by atomic mass is 127. The first kappa shape index (κ1) is 25.6. The summed E-state index contributed by atoms with van der Waals surface area (Å²) in [5, 5.41) is 7.37. The Bertz CT molecular complexity index is 914. The second-order valence-corrected chi connectivity index (χ2v) is 8.87. The Morgan fingerprint density at radius 1 is 1.21 bits per heavy atom. The average Bonchev–Trinajstić information content (AvgIpc) is 3.09. The number of hydrogen-bond donors (Lipinski definition) is 2. The lowest BCUT2D eigenvalue weighted by Gasteiger charge is -2.11. The molecule has 0 atom stereocenters. The van der Waals surface area contributed by atoms with Gasteiger partial charge in [0.15, 0.2) is 21.5 Å². The van der Waals surface area contributed by atoms with Gasteiger partial charge in [-0.2, -0.15) is 13.2 Å². The molecule has 0 bridgehead atoms. The van der Waals surface area contributed by atoms with Gasteiger partial charge in [-0.15, -0.1) is 35.3 Å². The molecule has 0 fully saturated rings. The van der Waals surface area contributed by atoms with E-state index in [0.717, 1.165) is 28.5 Å². The summed E-state index contributed by atoms with van der Waals surface area (Å²) in [4.78, 5) is 8.07. The van der Waals surface area contributed by atoms with Crippen molar-refractivity contribution in [1.82, 2.24) is 15.6 Å². The van der Waals surface area contributed by atoms with Crippen LogP contribution in [0.4, 0.5) is 13.2 Å². The van der Waals surface area contributed by atoms with Crippen molar-refractivity contribution in [3.8, 4) is 0 Å². The molecular weight excluding hydrogens is 540 g/mol. The molecule has 1 heterocycles. The predicted molar refractivity (Wildman–Crippen MR) is 119 cm³/mol. The van der Waals surface area contributed by atoms with Crippen molar-refractivity contribution >= 4 is 51.1 Å². The van der Waals surface area contributed by atoms with Crippen LogP contribution in [-0.2, 0) is 29.0 Å². The lowest BCUT2D eigenvalue weighted by atomic mass is 10.1. The molecule has 1 aromatic carbocycles. The maximum absolute atomic E-state index is 12.6. The van der Waals surface area contributed by atoms with Gasteiger partial charge in [-0.25, -0.2) is 18.4 Å². The Labute approximate surface area is 189 Å². The Balaban J connectivity index is 0.00000420. The Morgan fingerprint density at radius 2 is 1.86 bits per heavy atom. The molecule has 0 spiro atoms. The number of rotatable bonds is 7. The van der Waals surface area contributed by atoms with E-state index in [1.807, 2.05) is 6.92 Å². The second kappa shape index (κ2) is 11.1. The molecule has 0 radical (unpaired) electrons. The first-order chi connectivity index (χ1) is 13.1. The minimum absolute atomic E-state index is 0. The monoisotopic (exact) mass is 562 g/mol. The van der Waals surface area contributed by atoms with Gasteiger partial charge in [0.1, 0.15) is 5.01 Å². The fourth-order valence-electron chi connectivity index (χ4n) is 2.23. The van der Waals surface area contributed by atoms with Gasteiger partial charge < -0.3 is 10.6 Å². The number of aliphatic imine (C=N–C) groups is 1. The predicted octanol–water partition coefficient (Wildman–Crippen LogP) is 3.48. The van der Waals surface area contributed by atoms with E-state index >= 15 is 0 Å². The molecule has 0 amide bonds. The zero-order chi connectivity index (χ0) is 20.8. The van der Waals surface area contributed by atoms with Gasteiger partial charge in [-0.1, -0.05) is 12.1 Å². The third kappa shape index (κ3) is 8.46. The zero-order valence-electron chi connectivity index (χ0n) is 15.8. The summed E-state index contributed by atoms with van der Waals surface area (Å²) in [6.45, 7) is 3.04. The number of halogens is 4. The SMILES string of the molecule is CCNC(=NCc1nc(C(F)(F)F)cs1)NCCc1ccc(S(C)(=O)=O)cc1.I. The molecule has 29 heavy (non-hydrogen) atoms. The molecule has 0 aliphatic heterocycles. The number of aromatic nitrogens is 1. The fourth-order valence-corrected chi connectivity index (χ4v) is 3.59. The van der Waals surface area contributed by atoms with E-state index < -0.39 is 21.7 Å². The summed E-state index contributed by atoms with van der Waals surface area (Å²) in [5.74, 6) is 0.471. The normalized spacial score (nSPS) is 12.4. The standard InChI is InChI=1S/C17H21F3N4O2S2.HI/c1-3-21-16(23-10-15-24-14(11-27-15)17(18,19)20)22-9-8-12-4-6-13(7-5-12)28(2,25)26;/h4-7,11H,3,8-10H2,1-2H3,(H2,21,22,23);1H. The van der Waals surface area contributed by atoms with Gasteiger partial charge in [0, 0.05) is 24.7 Å². The highest BCUT2D eigenvalue weighted by Gasteiger charge is 2.33. The smallest absolute Gasteiger partial charge is 0.357 e. The van der Waals surface area contributed by atoms with Crippen LogP contribution in [0.25, 0.3) is 0 Å². The number of alkyl halides is 3. The molecular formula is C17H22F3IN4O2S2. The first-order valence-corrected chi connectivity index (χ1v) is 11.2. The van der Waals surface area contributed by atoms with Crippen molar-refractivity contribution in [1.29, 1.82) is 0 Å². The highest BCUT2D eigenvalue weighted by molar-refractivity contribution is 14.0. The van der Waals surface area contributed by atoms with Gasteiger partial charge in [-0.3, -0.25) is 0 Å². The van der Waals surface area contributed by atoms with Crippen molar-refractivity contribution in [2.75, 3.05) is 19.3 Å². The lowest BCUT2D eigenvalue weighted by Crippen LogP contribution is -2.38. The quantitative estimate of drug-likeness (QED) is 0.307. The number of nitrogens with one attached hydrogen (secondary N) is 2. The van der Waals surface area contributed by atoms with Gasteiger partial charge in [0.25, 0.3) is 0 Å². The van der Waals surface area contributed by atoms with Crippen molar-refractivity contribution in [2.24, 2.45) is 4.99 Å². The number of nitrogens with zero attached hydrogens (tertiary/aromatic N) is 2. The van der Waals surface area contributed by atoms with E-state index in [-0.39, 0.29) is 40.4 Å². The Kier molecular flexibility index (Phi) is 9.82. The summed E-state index contributed by atoms with van der Waals surface area (Å²) in [6, 6.07) is 6.61. The van der Waals surface area contributed by atoms with Crippen LogP contribution < -0.4 is 10.6 Å². The third-order valence-corrected chi connectivity index (χ3v) is 5.58. The molecule has 0 aliphatic carbocycles. The molecule has 1 aromatic heterocycles. The molecule has 0 aliphatic rings. The van der Waals surface area contributed by atoms with Crippen molar-refractivity contribution in [3.05, 3.63) is 45.9 Å². The topological polar surface area (TPSA) is 83.4 Å². The molecule has 0 saturated carbocycles. The molecule has 12 heteroatoms.